The molecule has 12 nitrogen and oxygen atoms in total. The zero-order valence-corrected chi connectivity index (χ0v) is 15.6. The van der Waals surface area contributed by atoms with E-state index in [1.807, 2.05) is 0 Å². The Morgan fingerprint density at radius 1 is 0.500 bits per heavy atom. The third-order valence-electron chi connectivity index (χ3n) is 0. The Balaban J connectivity index is -0.0000000277. The summed E-state index contributed by atoms with van der Waals surface area (Å²) in [5.41, 5.74) is 0. The number of hydrogen-bond donors (Lipinski definition) is 0. The molecule has 102 valence electrons. The SMILES string of the molecule is O=P([O-])([O-])[O-].O=P([O-])([O-])[O-].O=P([O-])([O-])[O-].[B+3].[Te+2].[W+4]. The van der Waals surface area contributed by atoms with Gasteiger partial charge in [-0.1, -0.05) is 0 Å². The molecule has 0 atom stereocenters. The summed E-state index contributed by atoms with van der Waals surface area (Å²) in [6.45, 7) is 0. The summed E-state index contributed by atoms with van der Waals surface area (Å²) < 4.78 is 25.6. The van der Waals surface area contributed by atoms with Crippen LogP contribution in [0, 0.1) is 0 Å². The van der Waals surface area contributed by atoms with Crippen LogP contribution in [-0.2, 0) is 34.8 Å². The van der Waals surface area contributed by atoms with Crippen molar-refractivity contribution in [1.29, 1.82) is 0 Å². The normalized spacial score (nSPS) is 9.83. The first-order valence-corrected chi connectivity index (χ1v) is 6.57. The summed E-state index contributed by atoms with van der Waals surface area (Å²) in [6.07, 6.45) is 0. The van der Waals surface area contributed by atoms with Crippen LogP contribution in [0.15, 0.2) is 0 Å². The van der Waals surface area contributed by atoms with Crippen molar-refractivity contribution in [3.63, 3.8) is 0 Å². The summed E-state index contributed by atoms with van der Waals surface area (Å²) in [6, 6.07) is 0. The van der Waals surface area contributed by atoms with Gasteiger partial charge in [-0.25, -0.2) is 0 Å². The Morgan fingerprint density at radius 3 is 0.500 bits per heavy atom. The number of hydrogen-bond acceptors (Lipinski definition) is 12. The van der Waals surface area contributed by atoms with Gasteiger partial charge in [-0.2, -0.15) is 23.5 Å². The van der Waals surface area contributed by atoms with Gasteiger partial charge in [0.25, 0.3) is 0 Å². The molecule has 0 N–H and O–H groups in total. The maximum atomic E-state index is 8.55. The van der Waals surface area contributed by atoms with Crippen LogP contribution in [0.4, 0.5) is 0 Å². The Labute approximate surface area is 134 Å². The van der Waals surface area contributed by atoms with Gasteiger partial charge in [0.2, 0.25) is 0 Å². The van der Waals surface area contributed by atoms with Crippen molar-refractivity contribution in [2.45, 2.75) is 0 Å². The molecule has 0 aromatic carbocycles. The third kappa shape index (κ3) is 1450. The largest absolute Gasteiger partial charge is 4.00 e. The molecular formula is BO12P3TeW. The molecule has 0 aliphatic heterocycles. The molecule has 0 saturated heterocycles. The summed E-state index contributed by atoms with van der Waals surface area (Å²) in [5, 5.41) is 0. The van der Waals surface area contributed by atoms with Crippen LogP contribution >= 0.6 is 23.5 Å². The molecular weight excluding hydrogens is 607 g/mol. The maximum Gasteiger partial charge on any atom is 4.00 e. The van der Waals surface area contributed by atoms with Crippen molar-refractivity contribution >= 4 is 55.5 Å². The fourth-order valence-electron chi connectivity index (χ4n) is 0. The predicted octanol–water partition coefficient (Wildman–Crippen LogP) is -9.24. The molecule has 0 aromatic heterocycles. The van der Waals surface area contributed by atoms with E-state index in [2.05, 4.69) is 0 Å². The zero-order valence-electron chi connectivity index (χ0n) is 7.63. The topological polar surface area (TPSA) is 259 Å². The summed E-state index contributed by atoms with van der Waals surface area (Å²) in [5.74, 6) is 0. The molecule has 0 fully saturated rings. The van der Waals surface area contributed by atoms with Crippen LogP contribution in [0.25, 0.3) is 0 Å². The second kappa shape index (κ2) is 15.3. The van der Waals surface area contributed by atoms with Crippen LogP contribution in [0.1, 0.15) is 0 Å². The minimum Gasteiger partial charge on any atom is -0.822 e. The molecule has 0 heterocycles. The fraction of sp³-hybridized carbons (Fsp3) is 0. The van der Waals surface area contributed by atoms with E-state index in [1.54, 1.807) is 0 Å². The molecule has 18 heteroatoms. The molecule has 0 rings (SSSR count). The molecule has 4 radical (unpaired) electrons. The van der Waals surface area contributed by atoms with E-state index in [1.165, 1.54) is 0 Å². The third-order valence-corrected chi connectivity index (χ3v) is 0. The van der Waals surface area contributed by atoms with Gasteiger partial charge in [-0.3, -0.25) is 0 Å². The van der Waals surface area contributed by atoms with E-state index in [0.29, 0.717) is 0 Å². The molecule has 0 spiro atoms. The summed E-state index contributed by atoms with van der Waals surface area (Å²) >= 11 is 0. The van der Waals surface area contributed by atoms with Crippen LogP contribution in [0.3, 0.4) is 0 Å². The molecule has 0 aliphatic rings. The monoisotopic (exact) mass is 610 g/mol. The molecule has 0 aromatic rings. The van der Waals surface area contributed by atoms with Gasteiger partial charge in [0.1, 0.15) is 0 Å². The average molecular weight is 607 g/mol. The first-order valence-electron chi connectivity index (χ1n) is 2.19. The first kappa shape index (κ1) is 36.8. The average Bonchev–Trinajstić information content (AvgIpc) is 1.41. The minimum absolute atomic E-state index is 0. The Hall–Kier alpha value is 1.87. The predicted molar refractivity (Wildman–Crippen MR) is 34.3 cm³/mol. The van der Waals surface area contributed by atoms with E-state index in [4.69, 9.17) is 57.7 Å². The molecule has 0 unspecified atom stereocenters. The minimum atomic E-state index is -5.39. The number of phosphoric acid groups is 3. The van der Waals surface area contributed by atoms with Crippen LogP contribution in [0.5, 0.6) is 0 Å². The Bertz CT molecular complexity index is 213. The van der Waals surface area contributed by atoms with Crippen LogP contribution in [-0.4, -0.2) is 32.1 Å². The van der Waals surface area contributed by atoms with Crippen LogP contribution < -0.4 is 44.0 Å². The Morgan fingerprint density at radius 2 is 0.500 bits per heavy atom. The molecule has 0 aliphatic carbocycles. The maximum absolute atomic E-state index is 8.55. The molecule has 0 amide bonds. The van der Waals surface area contributed by atoms with E-state index >= 15 is 0 Å². The van der Waals surface area contributed by atoms with Crippen molar-refractivity contribution in [1.82, 2.24) is 0 Å². The van der Waals surface area contributed by atoms with Gasteiger partial charge < -0.3 is 57.7 Å². The van der Waals surface area contributed by atoms with Crippen molar-refractivity contribution < 1.29 is 78.8 Å². The van der Waals surface area contributed by atoms with Crippen LogP contribution in [0.2, 0.25) is 0 Å². The van der Waals surface area contributed by atoms with Gasteiger partial charge in [-0.05, 0) is 0 Å². The standard InChI is InChI=1S/B.3H3O4P.Te.W/c;3*1-5(2,3)4;;/h;3*(H3,1,2,3,4);;/q+3;;;;+2;+4/p-9. The Kier molecular flexibility index (Phi) is 31.2. The molecule has 0 saturated carbocycles. The van der Waals surface area contributed by atoms with Gasteiger partial charge in [-0.15, -0.1) is 0 Å². The van der Waals surface area contributed by atoms with Gasteiger partial charge in [0.05, 0.1) is 0 Å². The molecule has 18 heavy (non-hydrogen) atoms. The van der Waals surface area contributed by atoms with Crippen molar-refractivity contribution in [3.8, 4) is 0 Å². The van der Waals surface area contributed by atoms with Gasteiger partial charge >= 0.3 is 53.1 Å². The summed E-state index contributed by atoms with van der Waals surface area (Å²) in [4.78, 5) is 76.9. The quantitative estimate of drug-likeness (QED) is 0.184. The van der Waals surface area contributed by atoms with Crippen molar-refractivity contribution in [2.75, 3.05) is 0 Å². The second-order valence-corrected chi connectivity index (χ2v) is 4.02. The molecule has 0 bridgehead atoms. The second-order valence-electron chi connectivity index (χ2n) is 1.34. The fourth-order valence-corrected chi connectivity index (χ4v) is 0. The van der Waals surface area contributed by atoms with Crippen molar-refractivity contribution in [3.05, 3.63) is 0 Å². The summed E-state index contributed by atoms with van der Waals surface area (Å²) in [7, 11) is -16.2. The van der Waals surface area contributed by atoms with Gasteiger partial charge in [0, 0.05) is 0 Å². The first-order chi connectivity index (χ1) is 6.00. The van der Waals surface area contributed by atoms with E-state index in [-0.39, 0.29) is 53.1 Å². The van der Waals surface area contributed by atoms with E-state index < -0.39 is 23.5 Å². The zero-order chi connectivity index (χ0) is 13.5. The smallest absolute Gasteiger partial charge is 0.822 e. The van der Waals surface area contributed by atoms with E-state index in [9.17, 15) is 0 Å². The van der Waals surface area contributed by atoms with Crippen molar-refractivity contribution in [2.24, 2.45) is 0 Å². The van der Waals surface area contributed by atoms with Gasteiger partial charge in [0.15, 0.2) is 0 Å². The number of rotatable bonds is 0. The van der Waals surface area contributed by atoms with E-state index in [0.717, 1.165) is 0 Å².